The topological polar surface area (TPSA) is 93.3 Å². The Balaban J connectivity index is 1.29. The summed E-state index contributed by atoms with van der Waals surface area (Å²) >= 11 is 1.51. The lowest BCUT2D eigenvalue weighted by molar-refractivity contribution is 0.451. The first-order valence-corrected chi connectivity index (χ1v) is 13.7. The SMILES string of the molecule is O=c1cc(N(c2nc(-c3ccc(F)cc3)cs2)[C@@H]2CCCNC2)nc(N2CCN(c3cccnc3)CC2)[nH]1. The molecule has 0 aliphatic carbocycles. The van der Waals surface area contributed by atoms with Crippen LogP contribution >= 0.6 is 11.3 Å². The maximum Gasteiger partial charge on any atom is 0.254 e. The van der Waals surface area contributed by atoms with Gasteiger partial charge in [-0.05, 0) is 55.8 Å². The van der Waals surface area contributed by atoms with E-state index in [2.05, 4.69) is 36.1 Å². The first-order valence-electron chi connectivity index (χ1n) is 12.9. The Labute approximate surface area is 224 Å². The first kappa shape index (κ1) is 24.5. The predicted octanol–water partition coefficient (Wildman–Crippen LogP) is 3.64. The summed E-state index contributed by atoms with van der Waals surface area (Å²) in [5.74, 6) is 0.884. The third-order valence-corrected chi connectivity index (χ3v) is 7.87. The molecule has 0 bridgehead atoms. The molecule has 196 valence electrons. The van der Waals surface area contributed by atoms with Crippen molar-refractivity contribution in [2.75, 3.05) is 54.0 Å². The molecule has 2 saturated heterocycles. The molecular weight excluding hydrogens is 503 g/mol. The highest BCUT2D eigenvalue weighted by Crippen LogP contribution is 2.34. The quantitative estimate of drug-likeness (QED) is 0.389. The van der Waals surface area contributed by atoms with Crippen molar-refractivity contribution in [3.05, 3.63) is 76.4 Å². The van der Waals surface area contributed by atoms with Gasteiger partial charge in [0.05, 0.1) is 23.6 Å². The van der Waals surface area contributed by atoms with E-state index in [1.54, 1.807) is 24.4 Å². The van der Waals surface area contributed by atoms with Gasteiger partial charge < -0.3 is 15.1 Å². The number of piperazine rings is 1. The highest BCUT2D eigenvalue weighted by molar-refractivity contribution is 7.14. The predicted molar refractivity (Wildman–Crippen MR) is 149 cm³/mol. The molecule has 1 aromatic carbocycles. The molecule has 11 heteroatoms. The molecule has 9 nitrogen and oxygen atoms in total. The van der Waals surface area contributed by atoms with Crippen LogP contribution in [0.2, 0.25) is 0 Å². The van der Waals surface area contributed by atoms with Crippen LogP contribution in [0, 0.1) is 5.82 Å². The van der Waals surface area contributed by atoms with Crippen LogP contribution in [0.15, 0.2) is 65.0 Å². The Hall–Kier alpha value is -3.83. The van der Waals surface area contributed by atoms with Gasteiger partial charge in [0.2, 0.25) is 5.95 Å². The monoisotopic (exact) mass is 532 g/mol. The minimum Gasteiger partial charge on any atom is -0.367 e. The van der Waals surface area contributed by atoms with Gasteiger partial charge in [0, 0.05) is 55.9 Å². The molecule has 0 radical (unpaired) electrons. The summed E-state index contributed by atoms with van der Waals surface area (Å²) in [6, 6.07) is 12.0. The Kier molecular flexibility index (Phi) is 7.02. The number of anilines is 4. The summed E-state index contributed by atoms with van der Waals surface area (Å²) in [6.45, 7) is 4.83. The molecule has 0 spiro atoms. The lowest BCUT2D eigenvalue weighted by atomic mass is 10.1. The molecule has 5 heterocycles. The second-order valence-electron chi connectivity index (χ2n) is 9.50. The summed E-state index contributed by atoms with van der Waals surface area (Å²) in [5, 5.41) is 6.21. The van der Waals surface area contributed by atoms with Crippen molar-refractivity contribution in [2.45, 2.75) is 18.9 Å². The highest BCUT2D eigenvalue weighted by atomic mass is 32.1. The van der Waals surface area contributed by atoms with E-state index < -0.39 is 0 Å². The Morgan fingerprint density at radius 1 is 1.05 bits per heavy atom. The van der Waals surface area contributed by atoms with E-state index in [1.165, 1.54) is 23.5 Å². The largest absolute Gasteiger partial charge is 0.367 e. The number of hydrogen-bond donors (Lipinski definition) is 2. The van der Waals surface area contributed by atoms with E-state index in [0.717, 1.165) is 74.2 Å². The number of halogens is 1. The van der Waals surface area contributed by atoms with Gasteiger partial charge in [0.1, 0.15) is 11.6 Å². The molecule has 0 amide bonds. The van der Waals surface area contributed by atoms with Crippen molar-refractivity contribution in [2.24, 2.45) is 0 Å². The summed E-state index contributed by atoms with van der Waals surface area (Å²) in [7, 11) is 0. The molecule has 4 aromatic rings. The van der Waals surface area contributed by atoms with Gasteiger partial charge in [-0.1, -0.05) is 0 Å². The molecular formula is C27H29FN8OS. The number of piperidine rings is 1. The second kappa shape index (κ2) is 10.9. The molecule has 38 heavy (non-hydrogen) atoms. The highest BCUT2D eigenvalue weighted by Gasteiger charge is 2.28. The van der Waals surface area contributed by atoms with E-state index in [-0.39, 0.29) is 17.4 Å². The van der Waals surface area contributed by atoms with Gasteiger partial charge in [-0.25, -0.2) is 9.37 Å². The molecule has 2 N–H and O–H groups in total. The van der Waals surface area contributed by atoms with Crippen LogP contribution in [0.3, 0.4) is 0 Å². The molecule has 2 aliphatic heterocycles. The van der Waals surface area contributed by atoms with Gasteiger partial charge in [-0.15, -0.1) is 11.3 Å². The summed E-state index contributed by atoms with van der Waals surface area (Å²) in [4.78, 5) is 36.4. The van der Waals surface area contributed by atoms with Crippen LogP contribution in [-0.2, 0) is 0 Å². The van der Waals surface area contributed by atoms with E-state index in [9.17, 15) is 9.18 Å². The molecule has 6 rings (SSSR count). The average Bonchev–Trinajstić information content (AvgIpc) is 3.44. The Bertz CT molecular complexity index is 1410. The van der Waals surface area contributed by atoms with E-state index >= 15 is 0 Å². The third kappa shape index (κ3) is 5.25. The van der Waals surface area contributed by atoms with Crippen molar-refractivity contribution in [1.82, 2.24) is 25.3 Å². The van der Waals surface area contributed by atoms with Gasteiger partial charge in [-0.2, -0.15) is 4.98 Å². The lowest BCUT2D eigenvalue weighted by Gasteiger charge is -2.37. The zero-order valence-corrected chi connectivity index (χ0v) is 21.7. The Morgan fingerprint density at radius 3 is 2.61 bits per heavy atom. The van der Waals surface area contributed by atoms with Gasteiger partial charge in [0.15, 0.2) is 5.13 Å². The zero-order valence-electron chi connectivity index (χ0n) is 20.9. The Morgan fingerprint density at radius 2 is 1.87 bits per heavy atom. The second-order valence-corrected chi connectivity index (χ2v) is 10.3. The van der Waals surface area contributed by atoms with Crippen molar-refractivity contribution < 1.29 is 4.39 Å². The van der Waals surface area contributed by atoms with Crippen LogP contribution in [0.4, 0.5) is 27.0 Å². The summed E-state index contributed by atoms with van der Waals surface area (Å²) in [6.07, 6.45) is 5.65. The smallest absolute Gasteiger partial charge is 0.254 e. The third-order valence-electron chi connectivity index (χ3n) is 7.03. The number of H-pyrrole nitrogens is 1. The number of rotatable bonds is 6. The number of nitrogens with zero attached hydrogens (tertiary/aromatic N) is 6. The number of benzene rings is 1. The fourth-order valence-electron chi connectivity index (χ4n) is 5.05. The molecule has 3 aromatic heterocycles. The van der Waals surface area contributed by atoms with Crippen LogP contribution in [-0.4, -0.2) is 65.2 Å². The van der Waals surface area contributed by atoms with Gasteiger partial charge >= 0.3 is 0 Å². The molecule has 2 aliphatic rings. The van der Waals surface area contributed by atoms with Crippen LogP contribution < -0.4 is 25.6 Å². The van der Waals surface area contributed by atoms with Gasteiger partial charge in [-0.3, -0.25) is 19.7 Å². The number of hydrogen-bond acceptors (Lipinski definition) is 9. The lowest BCUT2D eigenvalue weighted by Crippen LogP contribution is -2.48. The number of nitrogens with one attached hydrogen (secondary N) is 2. The zero-order chi connectivity index (χ0) is 25.9. The fraction of sp³-hybridized carbons (Fsp3) is 0.333. The van der Waals surface area contributed by atoms with Crippen LogP contribution in [0.5, 0.6) is 0 Å². The maximum absolute atomic E-state index is 13.5. The summed E-state index contributed by atoms with van der Waals surface area (Å²) in [5.41, 5.74) is 2.53. The molecule has 2 fully saturated rings. The van der Waals surface area contributed by atoms with Crippen molar-refractivity contribution in [1.29, 1.82) is 0 Å². The number of aromatic nitrogens is 4. The van der Waals surface area contributed by atoms with Crippen molar-refractivity contribution in [3.63, 3.8) is 0 Å². The van der Waals surface area contributed by atoms with Crippen LogP contribution in [0.1, 0.15) is 12.8 Å². The molecule has 0 saturated carbocycles. The molecule has 0 unspecified atom stereocenters. The standard InChI is InChI=1S/C27H29FN8OS/c28-20-7-5-19(6-8-20)23-18-38-27(31-23)36(22-4-2-10-30-17-22)24-15-25(37)33-26(32-24)35-13-11-34(12-14-35)21-3-1-9-29-16-21/h1,3,5-9,15-16,18,22,30H,2,4,10-14,17H2,(H,32,33,37)/t22-/m1/s1. The van der Waals surface area contributed by atoms with E-state index in [0.29, 0.717) is 11.8 Å². The van der Waals surface area contributed by atoms with Crippen molar-refractivity contribution >= 4 is 33.9 Å². The number of aromatic amines is 1. The van der Waals surface area contributed by atoms with E-state index in [1.807, 2.05) is 17.6 Å². The van der Waals surface area contributed by atoms with Crippen LogP contribution in [0.25, 0.3) is 11.3 Å². The first-order chi connectivity index (χ1) is 18.6. The average molecular weight is 533 g/mol. The van der Waals surface area contributed by atoms with E-state index in [4.69, 9.17) is 9.97 Å². The number of pyridine rings is 1. The number of thiazole rings is 1. The molecule has 1 atom stereocenters. The normalized spacial score (nSPS) is 18.0. The maximum atomic E-state index is 13.5. The minimum absolute atomic E-state index is 0.112. The fourth-order valence-corrected chi connectivity index (χ4v) is 5.96. The minimum atomic E-state index is -0.277. The van der Waals surface area contributed by atoms with Gasteiger partial charge in [0.25, 0.3) is 5.56 Å². The van der Waals surface area contributed by atoms with Crippen molar-refractivity contribution in [3.8, 4) is 11.3 Å². The summed E-state index contributed by atoms with van der Waals surface area (Å²) < 4.78 is 13.5.